The molecule has 1 aromatic carbocycles. The van der Waals surface area contributed by atoms with Crippen LogP contribution in [0.3, 0.4) is 0 Å². The summed E-state index contributed by atoms with van der Waals surface area (Å²) in [6.45, 7) is 5.01. The molecule has 0 amide bonds. The molecule has 0 saturated heterocycles. The Hall–Kier alpha value is -2.78. The Kier molecular flexibility index (Phi) is 6.30. The molecule has 8 nitrogen and oxygen atoms in total. The number of carbonyl (C=O) groups is 2. The zero-order chi connectivity index (χ0) is 20.2. The lowest BCUT2D eigenvalue weighted by atomic mass is 9.82. The molecule has 0 radical (unpaired) electrons. The molecule has 0 saturated carbocycles. The number of ether oxygens (including phenoxy) is 3. The van der Waals surface area contributed by atoms with E-state index in [9.17, 15) is 19.6 Å². The quantitative estimate of drug-likeness (QED) is 0.600. The van der Waals surface area contributed by atoms with Crippen LogP contribution in [0.25, 0.3) is 0 Å². The van der Waals surface area contributed by atoms with Crippen LogP contribution in [0.4, 0.5) is 4.79 Å². The van der Waals surface area contributed by atoms with Gasteiger partial charge in [0.25, 0.3) is 0 Å². The van der Waals surface area contributed by atoms with Gasteiger partial charge in [-0.25, -0.2) is 14.2 Å². The third-order valence-corrected chi connectivity index (χ3v) is 3.47. The minimum Gasteiger partial charge on any atom is -0.497 e. The minimum absolute atomic E-state index is 0.0284. The van der Waals surface area contributed by atoms with Gasteiger partial charge in [0.15, 0.2) is 0 Å². The van der Waals surface area contributed by atoms with E-state index in [0.717, 1.165) is 16.3 Å². The zero-order valence-corrected chi connectivity index (χ0v) is 15.6. The van der Waals surface area contributed by atoms with Crippen LogP contribution in [0.5, 0.6) is 5.75 Å². The highest BCUT2D eigenvalue weighted by atomic mass is 16.6. The lowest BCUT2D eigenvalue weighted by Gasteiger charge is -2.20. The molecule has 0 spiro atoms. The highest BCUT2D eigenvalue weighted by molar-refractivity contribution is 6.58. The molecule has 2 N–H and O–H groups in total. The van der Waals surface area contributed by atoms with Gasteiger partial charge in [-0.05, 0) is 44.5 Å². The molecule has 2 rings (SSSR count). The predicted octanol–water partition coefficient (Wildman–Crippen LogP) is 1.32. The fraction of sp³-hybridized carbons (Fsp3) is 0.333. The van der Waals surface area contributed by atoms with Crippen molar-refractivity contribution in [2.45, 2.75) is 33.0 Å². The van der Waals surface area contributed by atoms with Crippen LogP contribution >= 0.6 is 0 Å². The van der Waals surface area contributed by atoms with Crippen molar-refractivity contribution in [2.75, 3.05) is 7.11 Å². The summed E-state index contributed by atoms with van der Waals surface area (Å²) in [6, 6.07) is 8.11. The Morgan fingerprint density at radius 1 is 1.15 bits per heavy atom. The topological polar surface area (TPSA) is 107 Å². The molecule has 2 aromatic rings. The molecule has 27 heavy (non-hydrogen) atoms. The van der Waals surface area contributed by atoms with Crippen LogP contribution in [-0.4, -0.2) is 46.5 Å². The first-order valence-electron chi connectivity index (χ1n) is 8.22. The van der Waals surface area contributed by atoms with E-state index in [-0.39, 0.29) is 17.8 Å². The van der Waals surface area contributed by atoms with Crippen molar-refractivity contribution >= 4 is 24.6 Å². The summed E-state index contributed by atoms with van der Waals surface area (Å²) < 4.78 is 16.4. The average Bonchev–Trinajstić information content (AvgIpc) is 3.04. The molecule has 0 aliphatic heterocycles. The van der Waals surface area contributed by atoms with Crippen LogP contribution in [0.2, 0.25) is 0 Å². The molecule has 0 unspecified atom stereocenters. The largest absolute Gasteiger partial charge is 0.497 e. The Morgan fingerprint density at radius 2 is 1.78 bits per heavy atom. The van der Waals surface area contributed by atoms with E-state index in [0.29, 0.717) is 5.75 Å². The lowest BCUT2D eigenvalue weighted by molar-refractivity contribution is 0.0415. The van der Waals surface area contributed by atoms with Crippen LogP contribution in [0.15, 0.2) is 36.5 Å². The van der Waals surface area contributed by atoms with E-state index < -0.39 is 24.8 Å². The predicted molar refractivity (Wildman–Crippen MR) is 98.0 cm³/mol. The number of carbonyl (C=O) groups excluding carboxylic acids is 2. The van der Waals surface area contributed by atoms with Gasteiger partial charge < -0.3 is 24.3 Å². The Morgan fingerprint density at radius 3 is 2.30 bits per heavy atom. The summed E-state index contributed by atoms with van der Waals surface area (Å²) in [6.07, 6.45) is 0.300. The summed E-state index contributed by atoms with van der Waals surface area (Å²) in [7, 11) is -0.297. The number of rotatable bonds is 5. The number of nitrogens with zero attached hydrogens (tertiary/aromatic N) is 1. The molecule has 1 heterocycles. The van der Waals surface area contributed by atoms with Crippen molar-refractivity contribution in [1.29, 1.82) is 0 Å². The summed E-state index contributed by atoms with van der Waals surface area (Å²) in [5.74, 6) is -0.131. The van der Waals surface area contributed by atoms with Crippen molar-refractivity contribution in [2.24, 2.45) is 0 Å². The monoisotopic (exact) mass is 375 g/mol. The number of benzene rings is 1. The average molecular weight is 375 g/mol. The fourth-order valence-corrected chi connectivity index (χ4v) is 2.19. The van der Waals surface area contributed by atoms with E-state index >= 15 is 0 Å². The molecule has 0 fully saturated rings. The Labute approximate surface area is 157 Å². The van der Waals surface area contributed by atoms with Crippen molar-refractivity contribution in [3.05, 3.63) is 47.8 Å². The van der Waals surface area contributed by atoms with E-state index in [1.807, 2.05) is 0 Å². The van der Waals surface area contributed by atoms with E-state index in [2.05, 4.69) is 0 Å². The minimum atomic E-state index is -1.85. The molecular formula is C18H22BNO7. The van der Waals surface area contributed by atoms with Crippen LogP contribution in [0, 0.1) is 0 Å². The summed E-state index contributed by atoms with van der Waals surface area (Å²) in [5, 5.41) is 18.7. The summed E-state index contributed by atoms with van der Waals surface area (Å²) in [4.78, 5) is 24.8. The van der Waals surface area contributed by atoms with Gasteiger partial charge in [-0.1, -0.05) is 12.1 Å². The Bertz CT molecular complexity index is 806. The zero-order valence-electron chi connectivity index (χ0n) is 15.6. The first-order valence-corrected chi connectivity index (χ1v) is 8.22. The van der Waals surface area contributed by atoms with Gasteiger partial charge in [-0.3, -0.25) is 0 Å². The molecular weight excluding hydrogens is 353 g/mol. The number of aromatic nitrogens is 1. The van der Waals surface area contributed by atoms with Gasteiger partial charge in [0.05, 0.1) is 7.11 Å². The van der Waals surface area contributed by atoms with Gasteiger partial charge in [-0.2, -0.15) is 0 Å². The second kappa shape index (κ2) is 8.28. The van der Waals surface area contributed by atoms with Gasteiger partial charge in [0.1, 0.15) is 23.7 Å². The maximum atomic E-state index is 12.4. The number of hydrogen-bond acceptors (Lipinski definition) is 7. The summed E-state index contributed by atoms with van der Waals surface area (Å²) in [5.41, 5.74) is -0.260. The molecule has 0 aliphatic rings. The smallest absolute Gasteiger partial charge is 0.490 e. The van der Waals surface area contributed by atoms with Gasteiger partial charge in [0, 0.05) is 11.7 Å². The van der Waals surface area contributed by atoms with Crippen molar-refractivity contribution < 1.29 is 33.8 Å². The van der Waals surface area contributed by atoms with Crippen LogP contribution in [0.1, 0.15) is 36.8 Å². The normalized spacial score (nSPS) is 11.0. The Balaban J connectivity index is 2.18. The molecule has 144 valence electrons. The third-order valence-electron chi connectivity index (χ3n) is 3.47. The fourth-order valence-electron chi connectivity index (χ4n) is 2.19. The highest BCUT2D eigenvalue weighted by Crippen LogP contribution is 2.14. The maximum absolute atomic E-state index is 12.4. The standard InChI is InChI=1S/C18H22BNO7/c1-18(2,3)27-17(22)20-10-13(19(23)24)9-15(20)16(21)26-11-12-5-7-14(25-4)8-6-12/h5-10,23-24H,11H2,1-4H3. The third kappa shape index (κ3) is 5.60. The molecule has 0 bridgehead atoms. The van der Waals surface area contributed by atoms with Gasteiger partial charge in [-0.15, -0.1) is 0 Å². The summed E-state index contributed by atoms with van der Waals surface area (Å²) >= 11 is 0. The molecule has 1 aromatic heterocycles. The van der Waals surface area contributed by atoms with E-state index in [4.69, 9.17) is 14.2 Å². The van der Waals surface area contributed by atoms with E-state index in [1.54, 1.807) is 52.1 Å². The second-order valence-electron chi connectivity index (χ2n) is 6.81. The van der Waals surface area contributed by atoms with Gasteiger partial charge in [0.2, 0.25) is 0 Å². The molecule has 9 heteroatoms. The van der Waals surface area contributed by atoms with Crippen molar-refractivity contribution in [1.82, 2.24) is 4.57 Å². The van der Waals surface area contributed by atoms with Crippen molar-refractivity contribution in [3.8, 4) is 5.75 Å². The maximum Gasteiger partial charge on any atom is 0.490 e. The molecule has 0 atom stereocenters. The van der Waals surface area contributed by atoms with Crippen molar-refractivity contribution in [3.63, 3.8) is 0 Å². The lowest BCUT2D eigenvalue weighted by Crippen LogP contribution is -2.30. The SMILES string of the molecule is COc1ccc(COC(=O)c2cc(B(O)O)cn2C(=O)OC(C)(C)C)cc1. The highest BCUT2D eigenvalue weighted by Gasteiger charge is 2.27. The first kappa shape index (κ1) is 20.5. The first-order chi connectivity index (χ1) is 12.6. The van der Waals surface area contributed by atoms with Gasteiger partial charge >= 0.3 is 19.2 Å². The second-order valence-corrected chi connectivity index (χ2v) is 6.81. The number of methoxy groups -OCH3 is 1. The van der Waals surface area contributed by atoms with Crippen LogP contribution in [-0.2, 0) is 16.1 Å². The molecule has 0 aliphatic carbocycles. The number of esters is 1. The van der Waals surface area contributed by atoms with E-state index in [1.165, 1.54) is 6.07 Å². The van der Waals surface area contributed by atoms with Crippen LogP contribution < -0.4 is 10.2 Å². The number of hydrogen-bond donors (Lipinski definition) is 2.